The molecule has 0 saturated heterocycles. The van der Waals surface area contributed by atoms with E-state index in [9.17, 15) is 57.8 Å². The lowest BCUT2D eigenvalue weighted by atomic mass is 9.80. The number of hydrogen-bond donors (Lipinski definition) is 2. The number of nitrogens with two attached hydrogens (primary N) is 1. The fraction of sp³-hybridized carbons (Fsp3) is 0.514. The van der Waals surface area contributed by atoms with Gasteiger partial charge < -0.3 is 25.4 Å². The van der Waals surface area contributed by atoms with Crippen molar-refractivity contribution in [2.45, 2.75) is 77.1 Å². The number of carboxylic acid groups (broad SMARTS) is 1. The molecule has 0 aliphatic heterocycles. The number of halogens is 9. The van der Waals surface area contributed by atoms with E-state index in [-0.39, 0.29) is 48.1 Å². The molecule has 1 aliphatic rings. The van der Waals surface area contributed by atoms with Crippen LogP contribution in [0, 0.1) is 11.8 Å². The minimum absolute atomic E-state index is 0.00417. The summed E-state index contributed by atoms with van der Waals surface area (Å²) in [5.41, 5.74) is 1.13. The molecule has 0 radical (unpaired) electrons. The minimum atomic E-state index is -5.19. The van der Waals surface area contributed by atoms with Gasteiger partial charge in [0.05, 0.1) is 34.7 Å². The number of ether oxygens (including phenoxy) is 1. The third-order valence-electron chi connectivity index (χ3n) is 9.50. The van der Waals surface area contributed by atoms with Gasteiger partial charge in [0.15, 0.2) is 15.6 Å². The molecule has 56 heavy (non-hydrogen) atoms. The van der Waals surface area contributed by atoms with E-state index in [2.05, 4.69) is 11.6 Å². The van der Waals surface area contributed by atoms with Crippen molar-refractivity contribution in [3.63, 3.8) is 0 Å². The first-order valence-corrected chi connectivity index (χ1v) is 19.6. The van der Waals surface area contributed by atoms with E-state index >= 15 is 0 Å². The first-order chi connectivity index (χ1) is 25.8. The Bertz CT molecular complexity index is 1820. The van der Waals surface area contributed by atoms with Crippen LogP contribution in [0.2, 0.25) is 0 Å². The third kappa shape index (κ3) is 13.7. The molecular formula is C37H45F9N4O5S. The Morgan fingerprint density at radius 2 is 1.52 bits per heavy atom. The molecule has 2 aromatic rings. The number of carbonyl (C=O) groups is 1. The summed E-state index contributed by atoms with van der Waals surface area (Å²) in [5.74, 6) is -1.77. The van der Waals surface area contributed by atoms with Gasteiger partial charge in [-0.3, -0.25) is 4.79 Å². The van der Waals surface area contributed by atoms with Gasteiger partial charge in [-0.25, -0.2) is 13.4 Å². The molecular weight excluding hydrogens is 783 g/mol. The van der Waals surface area contributed by atoms with E-state index in [1.807, 2.05) is 4.90 Å². The molecule has 0 bridgehead atoms. The van der Waals surface area contributed by atoms with Gasteiger partial charge in [0, 0.05) is 44.2 Å². The number of nitrogens with zero attached hydrogens (tertiary/aromatic N) is 3. The topological polar surface area (TPSA) is 126 Å². The maximum atomic E-state index is 14.1. The number of anilines is 1. The van der Waals surface area contributed by atoms with Crippen molar-refractivity contribution in [2.24, 2.45) is 22.6 Å². The van der Waals surface area contributed by atoms with Gasteiger partial charge in [-0.2, -0.15) is 39.5 Å². The first-order valence-electron chi connectivity index (χ1n) is 17.5. The maximum absolute atomic E-state index is 14.1. The Morgan fingerprint density at radius 1 is 0.964 bits per heavy atom. The van der Waals surface area contributed by atoms with Crippen molar-refractivity contribution in [1.82, 2.24) is 4.90 Å². The number of hydrogen-bond acceptors (Lipinski definition) is 8. The molecule has 3 rings (SSSR count). The van der Waals surface area contributed by atoms with Gasteiger partial charge in [-0.15, -0.1) is 0 Å². The Balaban J connectivity index is 2.14. The molecule has 1 fully saturated rings. The fourth-order valence-electron chi connectivity index (χ4n) is 6.46. The second-order valence-electron chi connectivity index (χ2n) is 13.7. The lowest BCUT2D eigenvalue weighted by molar-refractivity contribution is -0.143. The second-order valence-corrected chi connectivity index (χ2v) is 16.0. The highest BCUT2D eigenvalue weighted by Crippen LogP contribution is 2.41. The van der Waals surface area contributed by atoms with Gasteiger partial charge >= 0.3 is 24.5 Å². The van der Waals surface area contributed by atoms with Crippen molar-refractivity contribution < 1.29 is 62.6 Å². The minimum Gasteiger partial charge on any atom is -0.489 e. The zero-order valence-electron chi connectivity index (χ0n) is 30.9. The quantitative estimate of drug-likeness (QED) is 0.0922. The largest absolute Gasteiger partial charge is 0.489 e. The molecule has 3 N–H and O–H groups in total. The standard InChI is InChI=1S/C37H45F9N4O5S/c1-5-49(21-26-8-6-25(7-9-26)14-34(51)52)33-11-10-29(35(38,39)40)17-28(33)22-50(24(3)48-20-32(19-47)55-12-13-56(4,53)54)23(2)27-15-30(36(41,42)43)18-31(16-27)37(44,45)46/h10-11,15-20,23,25-26H,3,5-9,12-14,21-22,47H2,1-2,4H3,(H,51,52)/b32-19+,48-20-/t23-,25-,26-/m1/s1. The monoisotopic (exact) mass is 828 g/mol. The predicted octanol–water partition coefficient (Wildman–Crippen LogP) is 8.82. The van der Waals surface area contributed by atoms with Crippen LogP contribution in [0.25, 0.3) is 0 Å². The maximum Gasteiger partial charge on any atom is 0.416 e. The number of aliphatic carboxylic acids is 1. The normalized spacial score (nSPS) is 17.8. The van der Waals surface area contributed by atoms with Crippen molar-refractivity contribution in [1.29, 1.82) is 0 Å². The van der Waals surface area contributed by atoms with Crippen molar-refractivity contribution in [3.8, 4) is 0 Å². The average molecular weight is 829 g/mol. The highest BCUT2D eigenvalue weighted by Gasteiger charge is 2.38. The number of benzene rings is 2. The smallest absolute Gasteiger partial charge is 0.416 e. The van der Waals surface area contributed by atoms with Gasteiger partial charge in [-0.05, 0) is 98.9 Å². The lowest BCUT2D eigenvalue weighted by Crippen LogP contribution is -2.33. The summed E-state index contributed by atoms with van der Waals surface area (Å²) in [6.45, 7) is 6.65. The molecule has 1 atom stereocenters. The number of aliphatic imine (C=N–C) groups is 1. The van der Waals surface area contributed by atoms with Crippen molar-refractivity contribution in [2.75, 3.05) is 36.6 Å². The van der Waals surface area contributed by atoms with E-state index < -0.39 is 74.9 Å². The summed E-state index contributed by atoms with van der Waals surface area (Å²) in [4.78, 5) is 18.3. The molecule has 0 amide bonds. The van der Waals surface area contributed by atoms with Crippen LogP contribution >= 0.6 is 0 Å². The summed E-state index contributed by atoms with van der Waals surface area (Å²) < 4.78 is 154. The molecule has 0 aromatic heterocycles. The van der Waals surface area contributed by atoms with Crippen molar-refractivity contribution in [3.05, 3.63) is 88.6 Å². The summed E-state index contributed by atoms with van der Waals surface area (Å²) in [5, 5.41) is 9.19. The van der Waals surface area contributed by atoms with Crippen molar-refractivity contribution >= 4 is 27.7 Å². The molecule has 1 saturated carbocycles. The van der Waals surface area contributed by atoms with Crippen LogP contribution in [0.3, 0.4) is 0 Å². The molecule has 0 unspecified atom stereocenters. The average Bonchev–Trinajstić information content (AvgIpc) is 3.09. The van der Waals surface area contributed by atoms with Gasteiger partial charge in [-0.1, -0.05) is 6.58 Å². The Labute approximate surface area is 319 Å². The molecule has 2 aromatic carbocycles. The van der Waals surface area contributed by atoms with E-state index in [1.165, 1.54) is 13.0 Å². The second kappa shape index (κ2) is 18.7. The molecule has 0 heterocycles. The number of allylic oxidation sites excluding steroid dienone is 1. The SMILES string of the molecule is C=C(/N=C\C(=C/N)OCCS(C)(=O)=O)N(Cc1cc(C(F)(F)F)ccc1N(CC)C[C@H]1CC[C@H](CC(=O)O)CC1)[C@H](C)c1cc(C(F)(F)F)cc(C(F)(F)F)c1. The van der Waals surface area contributed by atoms with Gasteiger partial charge in [0.2, 0.25) is 0 Å². The van der Waals surface area contributed by atoms with E-state index in [4.69, 9.17) is 10.5 Å². The zero-order chi connectivity index (χ0) is 42.2. The molecule has 0 spiro atoms. The Kier molecular flexibility index (Phi) is 15.3. The van der Waals surface area contributed by atoms with Gasteiger partial charge in [0.25, 0.3) is 0 Å². The van der Waals surface area contributed by atoms with Crippen LogP contribution in [0.4, 0.5) is 45.2 Å². The van der Waals surface area contributed by atoms with Crippen LogP contribution in [0.15, 0.2) is 65.7 Å². The first kappa shape index (κ1) is 46.0. The molecule has 312 valence electrons. The fourth-order valence-corrected chi connectivity index (χ4v) is 6.84. The summed E-state index contributed by atoms with van der Waals surface area (Å²) >= 11 is 0. The number of rotatable bonds is 17. The van der Waals surface area contributed by atoms with E-state index in [0.717, 1.165) is 35.7 Å². The Hall–Kier alpha value is -4.42. The zero-order valence-corrected chi connectivity index (χ0v) is 31.8. The third-order valence-corrected chi connectivity index (χ3v) is 10.4. The predicted molar refractivity (Wildman–Crippen MR) is 193 cm³/mol. The van der Waals surface area contributed by atoms with Crippen LogP contribution in [0.5, 0.6) is 0 Å². The van der Waals surface area contributed by atoms with E-state index in [1.54, 1.807) is 6.92 Å². The van der Waals surface area contributed by atoms with E-state index in [0.29, 0.717) is 56.6 Å². The molecule has 1 aliphatic carbocycles. The summed E-state index contributed by atoms with van der Waals surface area (Å²) in [6.07, 6.45) is -9.71. The molecule has 9 nitrogen and oxygen atoms in total. The summed E-state index contributed by atoms with van der Waals surface area (Å²) in [7, 11) is -3.45. The lowest BCUT2D eigenvalue weighted by Gasteiger charge is -2.36. The van der Waals surface area contributed by atoms with Crippen LogP contribution in [-0.2, 0) is 44.4 Å². The molecule has 19 heteroatoms. The van der Waals surface area contributed by atoms with Crippen LogP contribution < -0.4 is 10.6 Å². The highest BCUT2D eigenvalue weighted by molar-refractivity contribution is 7.90. The Morgan fingerprint density at radius 3 is 2.00 bits per heavy atom. The van der Waals surface area contributed by atoms with Crippen LogP contribution in [0.1, 0.15) is 79.8 Å². The number of sulfone groups is 1. The number of carboxylic acids is 1. The van der Waals surface area contributed by atoms with Crippen LogP contribution in [-0.4, -0.2) is 62.3 Å². The highest BCUT2D eigenvalue weighted by atomic mass is 32.2. The van der Waals surface area contributed by atoms with Gasteiger partial charge in [0.1, 0.15) is 12.4 Å². The summed E-state index contributed by atoms with van der Waals surface area (Å²) in [6, 6.07) is 2.54. The number of alkyl halides is 9.